The Kier molecular flexibility index (Phi) is 8.85. The van der Waals surface area contributed by atoms with Gasteiger partial charge in [0, 0.05) is 5.41 Å². The first-order valence-corrected chi connectivity index (χ1v) is 11.1. The predicted octanol–water partition coefficient (Wildman–Crippen LogP) is 6.35. The van der Waals surface area contributed by atoms with Gasteiger partial charge in [-0.15, -0.1) is 0 Å². The molecule has 1 aromatic rings. The van der Waals surface area contributed by atoms with E-state index in [4.69, 9.17) is 12.2 Å². The molecule has 0 aliphatic carbocycles. The van der Waals surface area contributed by atoms with Gasteiger partial charge >= 0.3 is 0 Å². The smallest absolute Gasteiger partial charge is 0.0787 e. The van der Waals surface area contributed by atoms with Crippen LogP contribution in [0.2, 0.25) is 0 Å². The van der Waals surface area contributed by atoms with Crippen LogP contribution >= 0.6 is 12.2 Å². The third-order valence-electron chi connectivity index (χ3n) is 4.21. The topological polar surface area (TPSA) is 0 Å². The van der Waals surface area contributed by atoms with E-state index in [1.165, 1.54) is 53.2 Å². The highest BCUT2D eigenvalue weighted by atomic mass is 32.2. The number of aryl methyl sites for hydroxylation is 1. The van der Waals surface area contributed by atoms with E-state index < -0.39 is 0 Å². The Labute approximate surface area is 152 Å². The standard InChI is InChI=1S/C21H35S2/c1-7-9-15-23(16-10-8-2)20(21(4,5)6)19(22)18-13-11-17(3)12-14-18/h11-14,20H,7-10,15-16H2,1-6H3/q+1. The summed E-state index contributed by atoms with van der Waals surface area (Å²) in [6.07, 6.45) is 5.22. The maximum atomic E-state index is 6.02. The Balaban J connectivity index is 3.08. The predicted molar refractivity (Wildman–Crippen MR) is 113 cm³/mol. The first kappa shape index (κ1) is 20.7. The number of benzene rings is 1. The van der Waals surface area contributed by atoms with E-state index in [1.807, 2.05) is 0 Å². The van der Waals surface area contributed by atoms with Gasteiger partial charge in [0.1, 0.15) is 11.5 Å². The van der Waals surface area contributed by atoms with Gasteiger partial charge in [-0.05, 0) is 36.2 Å². The minimum absolute atomic E-state index is 0.229. The average molecular weight is 352 g/mol. The maximum Gasteiger partial charge on any atom is 0.158 e. The Hall–Kier alpha value is -0.340. The number of hydrogen-bond acceptors (Lipinski definition) is 1. The number of hydrogen-bond donors (Lipinski definition) is 0. The lowest BCUT2D eigenvalue weighted by molar-refractivity contribution is 0.444. The van der Waals surface area contributed by atoms with E-state index in [1.54, 1.807) is 0 Å². The second-order valence-corrected chi connectivity index (χ2v) is 10.4. The van der Waals surface area contributed by atoms with Crippen molar-refractivity contribution >= 4 is 28.0 Å². The van der Waals surface area contributed by atoms with E-state index >= 15 is 0 Å². The maximum absolute atomic E-state index is 6.02. The molecule has 2 heteroatoms. The van der Waals surface area contributed by atoms with Crippen LogP contribution in [0.1, 0.15) is 71.4 Å². The van der Waals surface area contributed by atoms with Gasteiger partial charge in [0.15, 0.2) is 5.25 Å². The van der Waals surface area contributed by atoms with Crippen LogP contribution < -0.4 is 0 Å². The molecule has 0 heterocycles. The number of unbranched alkanes of at least 4 members (excludes halogenated alkanes) is 2. The van der Waals surface area contributed by atoms with Gasteiger partial charge in [-0.1, -0.05) is 89.5 Å². The average Bonchev–Trinajstić information content (AvgIpc) is 2.49. The Morgan fingerprint density at radius 3 is 1.87 bits per heavy atom. The van der Waals surface area contributed by atoms with Gasteiger partial charge in [-0.3, -0.25) is 0 Å². The molecule has 0 amide bonds. The summed E-state index contributed by atoms with van der Waals surface area (Å²) in [6.45, 7) is 13.8. The van der Waals surface area contributed by atoms with Gasteiger partial charge in [-0.25, -0.2) is 0 Å². The van der Waals surface area contributed by atoms with Crippen molar-refractivity contribution in [1.82, 2.24) is 0 Å². The quantitative estimate of drug-likeness (QED) is 0.284. The van der Waals surface area contributed by atoms with Crippen LogP contribution in [-0.4, -0.2) is 21.6 Å². The van der Waals surface area contributed by atoms with Gasteiger partial charge in [0.25, 0.3) is 0 Å². The zero-order valence-corrected chi connectivity index (χ0v) is 17.6. The fourth-order valence-electron chi connectivity index (χ4n) is 2.91. The summed E-state index contributed by atoms with van der Waals surface area (Å²) >= 11 is 6.02. The molecule has 0 spiro atoms. The highest BCUT2D eigenvalue weighted by Crippen LogP contribution is 2.32. The van der Waals surface area contributed by atoms with Crippen LogP contribution in [-0.2, 0) is 10.9 Å². The summed E-state index contributed by atoms with van der Waals surface area (Å²) in [5.41, 5.74) is 2.79. The second-order valence-electron chi connectivity index (χ2n) is 7.63. The molecule has 1 unspecified atom stereocenters. The molecule has 1 rings (SSSR count). The van der Waals surface area contributed by atoms with Crippen LogP contribution in [0.4, 0.5) is 0 Å². The molecule has 0 nitrogen and oxygen atoms in total. The van der Waals surface area contributed by atoms with Crippen LogP contribution in [0.25, 0.3) is 0 Å². The van der Waals surface area contributed by atoms with Crippen molar-refractivity contribution in [3.63, 3.8) is 0 Å². The van der Waals surface area contributed by atoms with Crippen LogP contribution in [0.5, 0.6) is 0 Å². The normalized spacial score (nSPS) is 13.3. The monoisotopic (exact) mass is 351 g/mol. The summed E-state index contributed by atoms with van der Waals surface area (Å²) in [6, 6.07) is 8.82. The zero-order chi connectivity index (χ0) is 17.5. The highest BCUT2D eigenvalue weighted by molar-refractivity contribution is 7.99. The Bertz CT molecular complexity index is 460. The molecular weight excluding hydrogens is 316 g/mol. The molecule has 0 fully saturated rings. The first-order chi connectivity index (χ1) is 10.8. The van der Waals surface area contributed by atoms with E-state index in [9.17, 15) is 0 Å². The van der Waals surface area contributed by atoms with E-state index in [2.05, 4.69) is 65.8 Å². The zero-order valence-electron chi connectivity index (χ0n) is 15.9. The Morgan fingerprint density at radius 1 is 1.00 bits per heavy atom. The fraction of sp³-hybridized carbons (Fsp3) is 0.667. The van der Waals surface area contributed by atoms with E-state index in [0.29, 0.717) is 16.1 Å². The van der Waals surface area contributed by atoms with Gasteiger partial charge < -0.3 is 0 Å². The lowest BCUT2D eigenvalue weighted by Gasteiger charge is -2.31. The summed E-state index contributed by atoms with van der Waals surface area (Å²) in [7, 11) is 0.391. The summed E-state index contributed by atoms with van der Waals surface area (Å²) < 4.78 is 0. The fourth-order valence-corrected chi connectivity index (χ4v) is 7.24. The van der Waals surface area contributed by atoms with Crippen molar-refractivity contribution < 1.29 is 0 Å². The molecule has 0 aliphatic heterocycles. The molecule has 0 saturated heterocycles. The van der Waals surface area contributed by atoms with E-state index in [-0.39, 0.29) is 5.41 Å². The van der Waals surface area contributed by atoms with Crippen molar-refractivity contribution in [3.8, 4) is 0 Å². The van der Waals surface area contributed by atoms with Crippen molar-refractivity contribution in [3.05, 3.63) is 35.4 Å². The molecule has 1 aromatic carbocycles. The molecule has 0 saturated carbocycles. The minimum Gasteiger partial charge on any atom is -0.0787 e. The molecule has 0 N–H and O–H groups in total. The third kappa shape index (κ3) is 6.58. The molecule has 0 aromatic heterocycles. The highest BCUT2D eigenvalue weighted by Gasteiger charge is 2.42. The second kappa shape index (κ2) is 9.84. The van der Waals surface area contributed by atoms with Crippen molar-refractivity contribution in [2.75, 3.05) is 11.5 Å². The molecule has 0 aliphatic rings. The van der Waals surface area contributed by atoms with Crippen LogP contribution in [0, 0.1) is 12.3 Å². The lowest BCUT2D eigenvalue weighted by atomic mass is 9.87. The van der Waals surface area contributed by atoms with Crippen molar-refractivity contribution in [2.45, 2.75) is 72.5 Å². The largest absolute Gasteiger partial charge is 0.158 e. The summed E-state index contributed by atoms with van der Waals surface area (Å²) in [5.74, 6) is 2.68. The number of thiocarbonyl (C=S) groups is 1. The summed E-state index contributed by atoms with van der Waals surface area (Å²) in [4.78, 5) is 1.19. The third-order valence-corrected chi connectivity index (χ3v) is 8.07. The van der Waals surface area contributed by atoms with Crippen LogP contribution in [0.3, 0.4) is 0 Å². The molecule has 0 radical (unpaired) electrons. The SMILES string of the molecule is CCCC[S+](CCCC)C(C(=S)c1ccc(C)cc1)C(C)(C)C. The molecule has 130 valence electrons. The molecule has 0 bridgehead atoms. The molecular formula is C21H35S2+. The minimum atomic E-state index is 0.229. The van der Waals surface area contributed by atoms with Crippen molar-refractivity contribution in [2.24, 2.45) is 5.41 Å². The molecule has 1 atom stereocenters. The lowest BCUT2D eigenvalue weighted by Crippen LogP contribution is -2.43. The van der Waals surface area contributed by atoms with Crippen LogP contribution in [0.15, 0.2) is 24.3 Å². The van der Waals surface area contributed by atoms with Gasteiger partial charge in [0.05, 0.1) is 4.86 Å². The number of rotatable bonds is 9. The molecule has 23 heavy (non-hydrogen) atoms. The first-order valence-electron chi connectivity index (χ1n) is 9.08. The van der Waals surface area contributed by atoms with Gasteiger partial charge in [-0.2, -0.15) is 0 Å². The van der Waals surface area contributed by atoms with Gasteiger partial charge in [0.2, 0.25) is 0 Å². The van der Waals surface area contributed by atoms with E-state index in [0.717, 1.165) is 0 Å². The summed E-state index contributed by atoms with van der Waals surface area (Å²) in [5, 5.41) is 0.512. The Morgan fingerprint density at radius 2 is 1.48 bits per heavy atom. The van der Waals surface area contributed by atoms with Crippen molar-refractivity contribution in [1.29, 1.82) is 0 Å².